The molecule has 118 valence electrons. The quantitative estimate of drug-likeness (QED) is 0.737. The molecule has 1 aromatic rings. The van der Waals surface area contributed by atoms with Crippen LogP contribution < -0.4 is 11.1 Å². The Morgan fingerprint density at radius 1 is 1.29 bits per heavy atom. The average molecular weight is 308 g/mol. The zero-order valence-corrected chi connectivity index (χ0v) is 14.4. The minimum absolute atomic E-state index is 0.300. The van der Waals surface area contributed by atoms with Crippen molar-refractivity contribution < 1.29 is 4.79 Å². The number of amides is 1. The van der Waals surface area contributed by atoms with Crippen molar-refractivity contribution in [2.75, 3.05) is 12.3 Å². The van der Waals surface area contributed by atoms with Gasteiger partial charge in [-0.15, -0.1) is 0 Å². The van der Waals surface area contributed by atoms with Gasteiger partial charge in [0.15, 0.2) is 0 Å². The third-order valence-electron chi connectivity index (χ3n) is 3.87. The summed E-state index contributed by atoms with van der Waals surface area (Å²) in [5.74, 6) is 0.930. The molecule has 0 bridgehead atoms. The molecule has 0 aliphatic rings. The molecule has 3 nitrogen and oxygen atoms in total. The van der Waals surface area contributed by atoms with E-state index < -0.39 is 5.54 Å². The summed E-state index contributed by atoms with van der Waals surface area (Å²) in [6.07, 6.45) is 0.965. The Bertz CT molecular complexity index is 436. The summed E-state index contributed by atoms with van der Waals surface area (Å²) >= 11 is 1.80. The van der Waals surface area contributed by atoms with Crippen LogP contribution in [0, 0.1) is 5.92 Å². The van der Waals surface area contributed by atoms with E-state index in [-0.39, 0.29) is 5.91 Å². The molecule has 4 heteroatoms. The first-order valence-electron chi connectivity index (χ1n) is 7.66. The summed E-state index contributed by atoms with van der Waals surface area (Å²) in [7, 11) is 0. The smallest absolute Gasteiger partial charge is 0.243 e. The molecule has 21 heavy (non-hydrogen) atoms. The average Bonchev–Trinajstić information content (AvgIpc) is 2.48. The Morgan fingerprint density at radius 3 is 2.38 bits per heavy atom. The molecule has 2 atom stereocenters. The van der Waals surface area contributed by atoms with Gasteiger partial charge in [0.25, 0.3) is 0 Å². The van der Waals surface area contributed by atoms with Gasteiger partial charge in [0.05, 0.1) is 0 Å². The number of nitrogens with one attached hydrogen (secondary N) is 1. The molecule has 0 aliphatic heterocycles. The maximum absolute atomic E-state index is 12.3. The monoisotopic (exact) mass is 308 g/mol. The van der Waals surface area contributed by atoms with Crippen molar-refractivity contribution in [3.05, 3.63) is 35.9 Å². The molecule has 0 radical (unpaired) electrons. The van der Waals surface area contributed by atoms with E-state index in [1.165, 1.54) is 0 Å². The van der Waals surface area contributed by atoms with Gasteiger partial charge in [0.2, 0.25) is 5.91 Å². The standard InChI is InChI=1S/C17H28N2OS/c1-5-11-19-17(16(18)20,12-21-14(4)13(2)3)15-9-7-6-8-10-15/h6-10,13-14,19H,5,11-12H2,1-4H3,(H2,18,20). The number of primary amides is 1. The van der Waals surface area contributed by atoms with E-state index in [2.05, 4.69) is 33.0 Å². The van der Waals surface area contributed by atoms with Gasteiger partial charge in [-0.05, 0) is 24.4 Å². The fourth-order valence-corrected chi connectivity index (χ4v) is 3.36. The minimum atomic E-state index is -0.787. The van der Waals surface area contributed by atoms with Crippen molar-refractivity contribution in [3.63, 3.8) is 0 Å². The molecule has 2 unspecified atom stereocenters. The molecule has 1 amide bonds. The first-order chi connectivity index (χ1) is 9.94. The molecule has 0 heterocycles. The van der Waals surface area contributed by atoms with E-state index in [4.69, 9.17) is 5.73 Å². The third kappa shape index (κ3) is 4.75. The summed E-state index contributed by atoms with van der Waals surface area (Å²) in [4.78, 5) is 12.3. The maximum atomic E-state index is 12.3. The van der Waals surface area contributed by atoms with Crippen LogP contribution in [0.5, 0.6) is 0 Å². The highest BCUT2D eigenvalue weighted by Gasteiger charge is 2.38. The number of hydrogen-bond donors (Lipinski definition) is 2. The lowest BCUT2D eigenvalue weighted by atomic mass is 9.91. The Hall–Kier alpha value is -1.00. The lowest BCUT2D eigenvalue weighted by Gasteiger charge is -2.33. The molecule has 1 rings (SSSR count). The summed E-state index contributed by atoms with van der Waals surface area (Å²) in [5.41, 5.74) is 5.96. The second kappa shape index (κ2) is 8.44. The highest BCUT2D eigenvalue weighted by Crippen LogP contribution is 2.30. The van der Waals surface area contributed by atoms with E-state index in [1.54, 1.807) is 11.8 Å². The molecule has 0 saturated heterocycles. The van der Waals surface area contributed by atoms with Crippen LogP contribution in [-0.2, 0) is 10.3 Å². The van der Waals surface area contributed by atoms with Crippen molar-refractivity contribution in [2.45, 2.75) is 44.9 Å². The molecule has 0 fully saturated rings. The molecule has 1 aromatic carbocycles. The fourth-order valence-electron chi connectivity index (χ4n) is 2.05. The van der Waals surface area contributed by atoms with Gasteiger partial charge in [0.1, 0.15) is 5.54 Å². The van der Waals surface area contributed by atoms with Crippen molar-refractivity contribution >= 4 is 17.7 Å². The highest BCUT2D eigenvalue weighted by atomic mass is 32.2. The first kappa shape index (κ1) is 18.1. The van der Waals surface area contributed by atoms with E-state index in [0.29, 0.717) is 16.9 Å². The molecule has 0 aliphatic carbocycles. The van der Waals surface area contributed by atoms with E-state index in [9.17, 15) is 4.79 Å². The summed E-state index contributed by atoms with van der Waals surface area (Å²) in [5, 5.41) is 3.88. The third-order valence-corrected chi connectivity index (χ3v) is 5.54. The molecule has 3 N–H and O–H groups in total. The zero-order valence-electron chi connectivity index (χ0n) is 13.6. The van der Waals surface area contributed by atoms with Crippen molar-refractivity contribution in [1.82, 2.24) is 5.32 Å². The summed E-state index contributed by atoms with van der Waals surface area (Å²) in [6, 6.07) is 9.83. The van der Waals surface area contributed by atoms with E-state index in [1.807, 2.05) is 30.3 Å². The lowest BCUT2D eigenvalue weighted by molar-refractivity contribution is -0.123. The second-order valence-electron chi connectivity index (χ2n) is 5.82. The van der Waals surface area contributed by atoms with Gasteiger partial charge in [0, 0.05) is 11.0 Å². The normalized spacial score (nSPS) is 15.7. The minimum Gasteiger partial charge on any atom is -0.368 e. The molecule has 0 aromatic heterocycles. The lowest BCUT2D eigenvalue weighted by Crippen LogP contribution is -2.55. The van der Waals surface area contributed by atoms with Crippen molar-refractivity contribution in [1.29, 1.82) is 0 Å². The van der Waals surface area contributed by atoms with Crippen LogP contribution in [0.25, 0.3) is 0 Å². The zero-order chi connectivity index (χ0) is 15.9. The molecule has 0 saturated carbocycles. The maximum Gasteiger partial charge on any atom is 0.243 e. The first-order valence-corrected chi connectivity index (χ1v) is 8.71. The predicted octanol–water partition coefficient (Wildman–Crippen LogP) is 3.14. The van der Waals surface area contributed by atoms with Gasteiger partial charge < -0.3 is 5.73 Å². The fraction of sp³-hybridized carbons (Fsp3) is 0.588. The van der Waals surface area contributed by atoms with Crippen molar-refractivity contribution in [3.8, 4) is 0 Å². The van der Waals surface area contributed by atoms with Gasteiger partial charge in [-0.3, -0.25) is 10.1 Å². The number of thioether (sulfide) groups is 1. The summed E-state index contributed by atoms with van der Waals surface area (Å²) < 4.78 is 0. The van der Waals surface area contributed by atoms with Crippen LogP contribution in [0.15, 0.2) is 30.3 Å². The Balaban J connectivity index is 3.04. The Labute approximate surface area is 133 Å². The van der Waals surface area contributed by atoms with Crippen molar-refractivity contribution in [2.24, 2.45) is 11.7 Å². The van der Waals surface area contributed by atoms with Crippen LogP contribution >= 0.6 is 11.8 Å². The SMILES string of the molecule is CCCNC(CSC(C)C(C)C)(C(N)=O)c1ccccc1. The number of carbonyl (C=O) groups excluding carboxylic acids is 1. The van der Waals surface area contributed by atoms with Gasteiger partial charge in [-0.25, -0.2) is 0 Å². The second-order valence-corrected chi connectivity index (χ2v) is 7.19. The van der Waals surface area contributed by atoms with Gasteiger partial charge in [-0.2, -0.15) is 11.8 Å². The largest absolute Gasteiger partial charge is 0.368 e. The Morgan fingerprint density at radius 2 is 1.90 bits per heavy atom. The number of rotatable bonds is 9. The van der Waals surface area contributed by atoms with E-state index in [0.717, 1.165) is 18.5 Å². The van der Waals surface area contributed by atoms with E-state index >= 15 is 0 Å². The van der Waals surface area contributed by atoms with Gasteiger partial charge in [-0.1, -0.05) is 58.0 Å². The van der Waals surface area contributed by atoms with Crippen LogP contribution in [0.3, 0.4) is 0 Å². The number of hydrogen-bond acceptors (Lipinski definition) is 3. The van der Waals surface area contributed by atoms with Crippen LogP contribution in [0.4, 0.5) is 0 Å². The predicted molar refractivity (Wildman–Crippen MR) is 92.4 cm³/mol. The highest BCUT2D eigenvalue weighted by molar-refractivity contribution is 8.00. The van der Waals surface area contributed by atoms with Crippen LogP contribution in [0.2, 0.25) is 0 Å². The Kier molecular flexibility index (Phi) is 7.26. The topological polar surface area (TPSA) is 55.1 Å². The van der Waals surface area contributed by atoms with Crippen LogP contribution in [-0.4, -0.2) is 23.5 Å². The number of benzene rings is 1. The van der Waals surface area contributed by atoms with Gasteiger partial charge >= 0.3 is 0 Å². The molecule has 0 spiro atoms. The number of nitrogens with two attached hydrogens (primary N) is 1. The molecular formula is C17H28N2OS. The van der Waals surface area contributed by atoms with Crippen LogP contribution in [0.1, 0.15) is 39.7 Å². The molecular weight excluding hydrogens is 280 g/mol. The number of carbonyl (C=O) groups is 1. The summed E-state index contributed by atoms with van der Waals surface area (Å²) in [6.45, 7) is 9.46.